The molecule has 4 fully saturated rings. The van der Waals surface area contributed by atoms with Crippen molar-refractivity contribution in [3.63, 3.8) is 0 Å². The Kier molecular flexibility index (Phi) is 4.94. The van der Waals surface area contributed by atoms with Gasteiger partial charge in [0.2, 0.25) is 0 Å². The minimum absolute atomic E-state index is 0.0751. The van der Waals surface area contributed by atoms with Crippen LogP contribution in [0.25, 0.3) is 0 Å². The average molecular weight is 469 g/mol. The highest BCUT2D eigenvalue weighted by Crippen LogP contribution is 2.87. The summed E-state index contributed by atoms with van der Waals surface area (Å²) < 4.78 is 38.7. The van der Waals surface area contributed by atoms with Gasteiger partial charge in [0.15, 0.2) is 9.84 Å². The molecule has 1 spiro atoms. The van der Waals surface area contributed by atoms with Gasteiger partial charge in [-0.05, 0) is 61.8 Å². The van der Waals surface area contributed by atoms with Gasteiger partial charge in [0.05, 0.1) is 10.9 Å². The van der Waals surface area contributed by atoms with Gasteiger partial charge in [-0.25, -0.2) is 12.8 Å². The Bertz CT molecular complexity index is 1150. The average Bonchev–Trinajstić information content (AvgIpc) is 3.66. The van der Waals surface area contributed by atoms with Crippen LogP contribution in [0.1, 0.15) is 43.7 Å². The molecule has 6 heteroatoms. The zero-order valence-corrected chi connectivity index (χ0v) is 20.1. The Morgan fingerprint density at radius 1 is 1.03 bits per heavy atom. The summed E-state index contributed by atoms with van der Waals surface area (Å²) in [6.45, 7) is 3.73. The Balaban J connectivity index is 1.18. The molecule has 3 saturated carbocycles. The summed E-state index contributed by atoms with van der Waals surface area (Å²) in [6.07, 6.45) is 6.55. The zero-order valence-electron chi connectivity index (χ0n) is 19.3. The standard InChI is InChI=1S/C27H33FN2O2S/c1-33(31,32)23-9-5-8-22(16-23)29-14-15-30(24(19-29)21-6-3-2-4-7-21)18-20-10-12-26(13-11-20)25-17-27(25,26)28/h2-9,16,20,24-25H,10-15,17-19H2,1H3/t20?,24-,25?,26?,27?/m1/s1. The topological polar surface area (TPSA) is 40.6 Å². The third-order valence-electron chi connectivity index (χ3n) is 9.08. The van der Waals surface area contributed by atoms with E-state index in [0.29, 0.717) is 16.7 Å². The number of fused-ring (bicyclic) bond motifs is 3. The number of sulfone groups is 1. The van der Waals surface area contributed by atoms with Crippen LogP contribution in [0, 0.1) is 17.3 Å². The van der Waals surface area contributed by atoms with Crippen LogP contribution in [-0.4, -0.2) is 51.4 Å². The normalized spacial score (nSPS) is 35.9. The van der Waals surface area contributed by atoms with Gasteiger partial charge in [-0.3, -0.25) is 4.90 Å². The number of hydrogen-bond acceptors (Lipinski definition) is 4. The van der Waals surface area contributed by atoms with Crippen molar-refractivity contribution in [3.05, 3.63) is 60.2 Å². The molecule has 1 aliphatic heterocycles. The van der Waals surface area contributed by atoms with Gasteiger partial charge < -0.3 is 4.90 Å². The number of benzene rings is 2. The number of halogens is 1. The van der Waals surface area contributed by atoms with Crippen LogP contribution in [0.4, 0.5) is 10.1 Å². The van der Waals surface area contributed by atoms with E-state index in [1.807, 2.05) is 12.1 Å². The molecule has 6 rings (SSSR count). The molecule has 3 atom stereocenters. The first-order valence-electron chi connectivity index (χ1n) is 12.3. The number of anilines is 1. The second-order valence-corrected chi connectivity index (χ2v) is 12.9. The van der Waals surface area contributed by atoms with E-state index in [2.05, 4.69) is 40.1 Å². The second-order valence-electron chi connectivity index (χ2n) is 10.9. The molecule has 4 aliphatic rings. The highest BCUT2D eigenvalue weighted by molar-refractivity contribution is 7.90. The van der Waals surface area contributed by atoms with Crippen LogP contribution >= 0.6 is 0 Å². The number of alkyl halides is 1. The van der Waals surface area contributed by atoms with Crippen molar-refractivity contribution in [2.45, 2.75) is 48.7 Å². The van der Waals surface area contributed by atoms with Crippen molar-refractivity contribution in [2.75, 3.05) is 37.3 Å². The van der Waals surface area contributed by atoms with Crippen molar-refractivity contribution < 1.29 is 12.8 Å². The lowest BCUT2D eigenvalue weighted by atomic mass is 9.73. The monoisotopic (exact) mass is 468 g/mol. The number of rotatable bonds is 5. The fourth-order valence-corrected chi connectivity index (χ4v) is 7.53. The van der Waals surface area contributed by atoms with E-state index in [-0.39, 0.29) is 11.5 Å². The van der Waals surface area contributed by atoms with Crippen molar-refractivity contribution in [1.29, 1.82) is 0 Å². The molecule has 4 nitrogen and oxygen atoms in total. The lowest BCUT2D eigenvalue weighted by molar-refractivity contribution is 0.0918. The maximum Gasteiger partial charge on any atom is 0.175 e. The number of piperazine rings is 1. The van der Waals surface area contributed by atoms with Crippen molar-refractivity contribution >= 4 is 15.5 Å². The smallest absolute Gasteiger partial charge is 0.175 e. The Morgan fingerprint density at radius 2 is 1.76 bits per heavy atom. The molecule has 0 aromatic heterocycles. The highest BCUT2D eigenvalue weighted by Gasteiger charge is 2.89. The molecule has 3 aliphatic carbocycles. The Morgan fingerprint density at radius 3 is 2.39 bits per heavy atom. The van der Waals surface area contributed by atoms with Crippen LogP contribution in [0.15, 0.2) is 59.5 Å². The van der Waals surface area contributed by atoms with Gasteiger partial charge in [-0.2, -0.15) is 0 Å². The van der Waals surface area contributed by atoms with Crippen LogP contribution in [0.2, 0.25) is 0 Å². The molecule has 0 amide bonds. The largest absolute Gasteiger partial charge is 0.368 e. The summed E-state index contributed by atoms with van der Waals surface area (Å²) in [6, 6.07) is 18.3. The van der Waals surface area contributed by atoms with Crippen LogP contribution in [0.3, 0.4) is 0 Å². The second kappa shape index (κ2) is 7.54. The zero-order chi connectivity index (χ0) is 22.8. The predicted molar refractivity (Wildman–Crippen MR) is 129 cm³/mol. The first-order chi connectivity index (χ1) is 15.8. The highest BCUT2D eigenvalue weighted by atomic mass is 32.2. The summed E-state index contributed by atoms with van der Waals surface area (Å²) in [5.74, 6) is 1.04. The van der Waals surface area contributed by atoms with E-state index in [0.717, 1.165) is 64.0 Å². The maximum atomic E-state index is 14.5. The lowest BCUT2D eigenvalue weighted by Gasteiger charge is -2.45. The van der Waals surface area contributed by atoms with Gasteiger partial charge >= 0.3 is 0 Å². The molecule has 1 heterocycles. The van der Waals surface area contributed by atoms with E-state index >= 15 is 0 Å². The van der Waals surface area contributed by atoms with Crippen molar-refractivity contribution in [3.8, 4) is 0 Å². The summed E-state index contributed by atoms with van der Waals surface area (Å²) in [7, 11) is -3.23. The minimum Gasteiger partial charge on any atom is -0.368 e. The van der Waals surface area contributed by atoms with Gasteiger partial charge in [0.25, 0.3) is 0 Å². The molecule has 33 heavy (non-hydrogen) atoms. The minimum atomic E-state index is -3.23. The van der Waals surface area contributed by atoms with Crippen LogP contribution in [-0.2, 0) is 9.84 Å². The fraction of sp³-hybridized carbons (Fsp3) is 0.556. The quantitative estimate of drug-likeness (QED) is 0.628. The third kappa shape index (κ3) is 3.61. The molecular formula is C27H33FN2O2S. The molecule has 2 unspecified atom stereocenters. The fourth-order valence-electron chi connectivity index (χ4n) is 6.87. The summed E-state index contributed by atoms with van der Waals surface area (Å²) in [4.78, 5) is 5.32. The summed E-state index contributed by atoms with van der Waals surface area (Å²) in [5, 5.41) is 0. The van der Waals surface area contributed by atoms with Gasteiger partial charge in [0.1, 0.15) is 5.67 Å². The summed E-state index contributed by atoms with van der Waals surface area (Å²) in [5.41, 5.74) is 1.58. The third-order valence-corrected chi connectivity index (χ3v) is 10.2. The SMILES string of the molecule is CS(=O)(=O)c1cccc(N2CCN(CC3CCC4(CC3)C3CC34F)[C@@H](c3ccccc3)C2)c1. The predicted octanol–water partition coefficient (Wildman–Crippen LogP) is 4.87. The first-order valence-corrected chi connectivity index (χ1v) is 14.2. The molecule has 2 aromatic carbocycles. The van der Waals surface area contributed by atoms with E-state index in [1.54, 1.807) is 12.1 Å². The Hall–Kier alpha value is -1.92. The van der Waals surface area contributed by atoms with Gasteiger partial charge in [0, 0.05) is 49.5 Å². The Labute approximate surface area is 196 Å². The van der Waals surface area contributed by atoms with Crippen molar-refractivity contribution in [1.82, 2.24) is 4.90 Å². The van der Waals surface area contributed by atoms with Crippen molar-refractivity contribution in [2.24, 2.45) is 17.3 Å². The molecule has 2 aromatic rings. The summed E-state index contributed by atoms with van der Waals surface area (Å²) >= 11 is 0. The van der Waals surface area contributed by atoms with Crippen LogP contribution in [0.5, 0.6) is 0 Å². The molecular weight excluding hydrogens is 435 g/mol. The lowest BCUT2D eigenvalue weighted by Crippen LogP contribution is -2.50. The molecule has 0 radical (unpaired) electrons. The van der Waals surface area contributed by atoms with Gasteiger partial charge in [-0.15, -0.1) is 0 Å². The van der Waals surface area contributed by atoms with E-state index in [4.69, 9.17) is 0 Å². The van der Waals surface area contributed by atoms with E-state index in [1.165, 1.54) is 11.8 Å². The van der Waals surface area contributed by atoms with E-state index in [9.17, 15) is 12.8 Å². The number of hydrogen-bond donors (Lipinski definition) is 0. The maximum absolute atomic E-state index is 14.5. The molecule has 1 saturated heterocycles. The van der Waals surface area contributed by atoms with Crippen LogP contribution < -0.4 is 4.90 Å². The number of nitrogens with zero attached hydrogens (tertiary/aromatic N) is 2. The molecule has 0 N–H and O–H groups in total. The first kappa shape index (κ1) is 21.6. The molecule has 176 valence electrons. The van der Waals surface area contributed by atoms with E-state index < -0.39 is 15.5 Å². The molecule has 0 bridgehead atoms. The van der Waals surface area contributed by atoms with Gasteiger partial charge in [-0.1, -0.05) is 36.4 Å².